The summed E-state index contributed by atoms with van der Waals surface area (Å²) >= 11 is 0. The highest BCUT2D eigenvalue weighted by molar-refractivity contribution is 6.03. The minimum Gasteiger partial charge on any atom is -0.497 e. The second kappa shape index (κ2) is 7.96. The normalized spacial score (nSPS) is 20.6. The van der Waals surface area contributed by atoms with Gasteiger partial charge in [0.15, 0.2) is 0 Å². The van der Waals surface area contributed by atoms with E-state index in [2.05, 4.69) is 10.0 Å². The van der Waals surface area contributed by atoms with Crippen molar-refractivity contribution in [2.45, 2.75) is 31.7 Å². The molecular formula is C21H25N3O3. The maximum Gasteiger partial charge on any atom is 0.257 e. The average Bonchev–Trinajstić information content (AvgIpc) is 3.38. The van der Waals surface area contributed by atoms with E-state index in [1.54, 1.807) is 18.4 Å². The molecule has 2 aliphatic heterocycles. The summed E-state index contributed by atoms with van der Waals surface area (Å²) < 4.78 is 10.8. The van der Waals surface area contributed by atoms with E-state index in [4.69, 9.17) is 9.15 Å². The summed E-state index contributed by atoms with van der Waals surface area (Å²) in [5, 5.41) is 6.31. The topological polar surface area (TPSA) is 58.3 Å². The molecular weight excluding hydrogens is 342 g/mol. The first-order chi connectivity index (χ1) is 13.2. The van der Waals surface area contributed by atoms with Gasteiger partial charge in [0.05, 0.1) is 25.6 Å². The summed E-state index contributed by atoms with van der Waals surface area (Å²) in [6.07, 6.45) is 5.87. The Morgan fingerprint density at radius 1 is 1.19 bits per heavy atom. The van der Waals surface area contributed by atoms with Crippen molar-refractivity contribution < 1.29 is 13.9 Å². The molecule has 2 aliphatic rings. The van der Waals surface area contributed by atoms with Gasteiger partial charge in [-0.05, 0) is 67.9 Å². The number of hydrogen-bond donors (Lipinski definition) is 0. The molecule has 0 unspecified atom stereocenters. The van der Waals surface area contributed by atoms with Crippen LogP contribution in [-0.4, -0.2) is 48.3 Å². The third kappa shape index (κ3) is 3.90. The predicted octanol–water partition coefficient (Wildman–Crippen LogP) is 3.45. The monoisotopic (exact) mass is 367 g/mol. The van der Waals surface area contributed by atoms with Crippen molar-refractivity contribution in [1.82, 2.24) is 9.91 Å². The molecule has 1 saturated heterocycles. The number of piperidine rings is 1. The average molecular weight is 367 g/mol. The Balaban J connectivity index is 1.56. The zero-order valence-electron chi connectivity index (χ0n) is 15.6. The zero-order valence-corrected chi connectivity index (χ0v) is 15.6. The molecule has 27 heavy (non-hydrogen) atoms. The van der Waals surface area contributed by atoms with Crippen molar-refractivity contribution in [3.05, 3.63) is 54.0 Å². The second-order valence-electron chi connectivity index (χ2n) is 7.09. The summed E-state index contributed by atoms with van der Waals surface area (Å²) in [5.41, 5.74) is 1.90. The van der Waals surface area contributed by atoms with Gasteiger partial charge < -0.3 is 9.15 Å². The van der Waals surface area contributed by atoms with Crippen molar-refractivity contribution in [2.75, 3.05) is 26.7 Å². The van der Waals surface area contributed by atoms with Crippen LogP contribution < -0.4 is 4.74 Å². The first-order valence-corrected chi connectivity index (χ1v) is 9.54. The van der Waals surface area contributed by atoms with E-state index in [-0.39, 0.29) is 11.9 Å². The van der Waals surface area contributed by atoms with Gasteiger partial charge in [0.2, 0.25) is 0 Å². The quantitative estimate of drug-likeness (QED) is 0.812. The predicted molar refractivity (Wildman–Crippen MR) is 103 cm³/mol. The lowest BCUT2D eigenvalue weighted by Crippen LogP contribution is -2.40. The van der Waals surface area contributed by atoms with Crippen LogP contribution in [0.1, 0.15) is 43.0 Å². The number of amides is 1. The number of nitrogens with zero attached hydrogens (tertiary/aromatic N) is 3. The van der Waals surface area contributed by atoms with Gasteiger partial charge in [0.25, 0.3) is 5.91 Å². The molecule has 0 spiro atoms. The van der Waals surface area contributed by atoms with Gasteiger partial charge in [0, 0.05) is 6.42 Å². The number of carbonyl (C=O) groups is 1. The lowest BCUT2D eigenvalue weighted by Gasteiger charge is -2.28. The summed E-state index contributed by atoms with van der Waals surface area (Å²) in [4.78, 5) is 15.2. The molecule has 1 aromatic carbocycles. The van der Waals surface area contributed by atoms with Gasteiger partial charge in [-0.1, -0.05) is 6.42 Å². The molecule has 0 aliphatic carbocycles. The second-order valence-corrected chi connectivity index (χ2v) is 7.09. The Morgan fingerprint density at radius 2 is 1.96 bits per heavy atom. The number of rotatable bonds is 5. The SMILES string of the molecule is COc1ccc(C2=NN(C(=O)CN3CCCCC3)[C@H](c3ccco3)C2)cc1. The largest absolute Gasteiger partial charge is 0.497 e. The number of furan rings is 1. The van der Waals surface area contributed by atoms with Crippen LogP contribution in [0.3, 0.4) is 0 Å². The van der Waals surface area contributed by atoms with Crippen LogP contribution in [0.15, 0.2) is 52.2 Å². The maximum atomic E-state index is 13.0. The summed E-state index contributed by atoms with van der Waals surface area (Å²) in [6, 6.07) is 11.4. The molecule has 6 heteroatoms. The maximum absolute atomic E-state index is 13.0. The summed E-state index contributed by atoms with van der Waals surface area (Å²) in [5.74, 6) is 1.61. The Morgan fingerprint density at radius 3 is 2.63 bits per heavy atom. The molecule has 3 heterocycles. The Kier molecular flexibility index (Phi) is 5.25. The molecule has 0 radical (unpaired) electrons. The van der Waals surface area contributed by atoms with Crippen molar-refractivity contribution in [3.63, 3.8) is 0 Å². The highest BCUT2D eigenvalue weighted by Gasteiger charge is 2.35. The lowest BCUT2D eigenvalue weighted by molar-refractivity contribution is -0.134. The van der Waals surface area contributed by atoms with E-state index in [0.717, 1.165) is 48.7 Å². The third-order valence-electron chi connectivity index (χ3n) is 5.27. The molecule has 0 saturated carbocycles. The van der Waals surface area contributed by atoms with Crippen LogP contribution in [0.25, 0.3) is 0 Å². The molecule has 6 nitrogen and oxygen atoms in total. The fourth-order valence-corrected chi connectivity index (χ4v) is 3.78. The van der Waals surface area contributed by atoms with Gasteiger partial charge >= 0.3 is 0 Å². The Labute approximate surface area is 159 Å². The van der Waals surface area contributed by atoms with Crippen LogP contribution >= 0.6 is 0 Å². The van der Waals surface area contributed by atoms with E-state index in [0.29, 0.717) is 13.0 Å². The fraction of sp³-hybridized carbons (Fsp3) is 0.429. The van der Waals surface area contributed by atoms with Gasteiger partial charge in [0.1, 0.15) is 17.6 Å². The van der Waals surface area contributed by atoms with Crippen LogP contribution in [0.5, 0.6) is 5.75 Å². The highest BCUT2D eigenvalue weighted by Crippen LogP contribution is 2.33. The van der Waals surface area contributed by atoms with Crippen LogP contribution in [0.2, 0.25) is 0 Å². The molecule has 4 rings (SSSR count). The fourth-order valence-electron chi connectivity index (χ4n) is 3.78. The van der Waals surface area contributed by atoms with Crippen molar-refractivity contribution in [3.8, 4) is 5.75 Å². The Bertz CT molecular complexity index is 793. The number of carbonyl (C=O) groups excluding carboxylic acids is 1. The molecule has 1 aromatic heterocycles. The number of hydrazone groups is 1. The smallest absolute Gasteiger partial charge is 0.257 e. The molecule has 0 bridgehead atoms. The zero-order chi connectivity index (χ0) is 18.6. The number of hydrogen-bond acceptors (Lipinski definition) is 5. The van der Waals surface area contributed by atoms with Crippen LogP contribution in [-0.2, 0) is 4.79 Å². The van der Waals surface area contributed by atoms with Gasteiger partial charge in [-0.2, -0.15) is 5.10 Å². The van der Waals surface area contributed by atoms with Crippen molar-refractivity contribution >= 4 is 11.6 Å². The van der Waals surface area contributed by atoms with E-state index >= 15 is 0 Å². The molecule has 0 N–H and O–H groups in total. The molecule has 1 fully saturated rings. The molecule has 1 amide bonds. The van der Waals surface area contributed by atoms with Crippen molar-refractivity contribution in [2.24, 2.45) is 5.10 Å². The number of benzene rings is 1. The standard InChI is InChI=1S/C21H25N3O3/c1-26-17-9-7-16(8-10-17)18-14-19(20-6-5-13-27-20)24(22-18)21(25)15-23-11-3-2-4-12-23/h5-10,13,19H,2-4,11-12,14-15H2,1H3/t19-/m0/s1. The minimum atomic E-state index is -0.186. The van der Waals surface area contributed by atoms with Crippen LogP contribution in [0.4, 0.5) is 0 Å². The first kappa shape index (κ1) is 17.8. The van der Waals surface area contributed by atoms with E-state index in [1.165, 1.54) is 6.42 Å². The Hall–Kier alpha value is -2.60. The minimum absolute atomic E-state index is 0.0295. The van der Waals surface area contributed by atoms with E-state index in [1.807, 2.05) is 36.4 Å². The van der Waals surface area contributed by atoms with E-state index < -0.39 is 0 Å². The highest BCUT2D eigenvalue weighted by atomic mass is 16.5. The summed E-state index contributed by atoms with van der Waals surface area (Å²) in [7, 11) is 1.65. The molecule has 2 aromatic rings. The number of ether oxygens (including phenoxy) is 1. The van der Waals surface area contributed by atoms with Gasteiger partial charge in [-0.15, -0.1) is 0 Å². The third-order valence-corrected chi connectivity index (χ3v) is 5.27. The lowest BCUT2D eigenvalue weighted by atomic mass is 10.0. The van der Waals surface area contributed by atoms with Crippen LogP contribution in [0, 0.1) is 0 Å². The molecule has 142 valence electrons. The van der Waals surface area contributed by atoms with E-state index in [9.17, 15) is 4.79 Å². The van der Waals surface area contributed by atoms with Gasteiger partial charge in [-0.25, -0.2) is 5.01 Å². The van der Waals surface area contributed by atoms with Crippen molar-refractivity contribution in [1.29, 1.82) is 0 Å². The number of likely N-dealkylation sites (tertiary alicyclic amines) is 1. The number of methoxy groups -OCH3 is 1. The first-order valence-electron chi connectivity index (χ1n) is 9.54. The summed E-state index contributed by atoms with van der Waals surface area (Å²) in [6.45, 7) is 2.39. The van der Waals surface area contributed by atoms with Gasteiger partial charge in [-0.3, -0.25) is 9.69 Å². The molecule has 1 atom stereocenters.